The number of carbonyl (C=O) groups excluding carboxylic acids is 2. The fourth-order valence-electron chi connectivity index (χ4n) is 3.41. The molecule has 9 heteroatoms. The number of ether oxygens (including phenoxy) is 1. The van der Waals surface area contributed by atoms with Crippen molar-refractivity contribution >= 4 is 29.3 Å². The van der Waals surface area contributed by atoms with Gasteiger partial charge in [-0.2, -0.15) is 4.98 Å². The SMILES string of the molecule is CCOC(=O)c1cnc(Nc2ccc3c(c2)CCN(C)C3=O)nc1N.OCCc1ccccc1. The zero-order valence-electron chi connectivity index (χ0n) is 19.3. The summed E-state index contributed by atoms with van der Waals surface area (Å²) in [6.45, 7) is 2.89. The maximum atomic E-state index is 12.1. The van der Waals surface area contributed by atoms with Crippen molar-refractivity contribution in [2.75, 3.05) is 37.9 Å². The number of rotatable bonds is 6. The lowest BCUT2D eigenvalue weighted by molar-refractivity contribution is 0.0526. The van der Waals surface area contributed by atoms with Gasteiger partial charge in [-0.1, -0.05) is 30.3 Å². The first-order valence-corrected chi connectivity index (χ1v) is 11.0. The highest BCUT2D eigenvalue weighted by atomic mass is 16.5. The number of aromatic nitrogens is 2. The van der Waals surface area contributed by atoms with Gasteiger partial charge < -0.3 is 25.8 Å². The van der Waals surface area contributed by atoms with Crippen molar-refractivity contribution < 1.29 is 19.4 Å². The number of likely N-dealkylation sites (N-methyl/N-ethyl adjacent to an activating group) is 1. The van der Waals surface area contributed by atoms with Gasteiger partial charge in [0.1, 0.15) is 11.4 Å². The summed E-state index contributed by atoms with van der Waals surface area (Å²) in [5, 5.41) is 11.6. The van der Waals surface area contributed by atoms with Crippen LogP contribution in [-0.4, -0.2) is 58.7 Å². The van der Waals surface area contributed by atoms with E-state index in [1.807, 2.05) is 36.4 Å². The molecule has 34 heavy (non-hydrogen) atoms. The molecule has 0 unspecified atom stereocenters. The molecule has 2 heterocycles. The molecule has 1 aliphatic heterocycles. The number of amides is 1. The molecule has 1 aromatic heterocycles. The largest absolute Gasteiger partial charge is 0.462 e. The lowest BCUT2D eigenvalue weighted by Crippen LogP contribution is -2.34. The molecule has 3 aromatic rings. The van der Waals surface area contributed by atoms with Crippen LogP contribution in [0.15, 0.2) is 54.7 Å². The van der Waals surface area contributed by atoms with Crippen molar-refractivity contribution in [1.29, 1.82) is 0 Å². The smallest absolute Gasteiger partial charge is 0.343 e. The van der Waals surface area contributed by atoms with E-state index >= 15 is 0 Å². The fourth-order valence-corrected chi connectivity index (χ4v) is 3.41. The van der Waals surface area contributed by atoms with Crippen LogP contribution in [0.25, 0.3) is 0 Å². The molecular weight excluding hydrogens is 434 g/mol. The van der Waals surface area contributed by atoms with Gasteiger partial charge in [0, 0.05) is 37.6 Å². The molecule has 0 fully saturated rings. The second-order valence-corrected chi connectivity index (χ2v) is 7.65. The molecule has 4 N–H and O–H groups in total. The van der Waals surface area contributed by atoms with Crippen LogP contribution in [0, 0.1) is 0 Å². The molecule has 0 spiro atoms. The van der Waals surface area contributed by atoms with E-state index in [-0.39, 0.29) is 36.5 Å². The number of fused-ring (bicyclic) bond motifs is 1. The Morgan fingerprint density at radius 2 is 2.00 bits per heavy atom. The Morgan fingerprint density at radius 3 is 2.68 bits per heavy atom. The van der Waals surface area contributed by atoms with E-state index in [9.17, 15) is 9.59 Å². The summed E-state index contributed by atoms with van der Waals surface area (Å²) in [6, 6.07) is 15.4. The van der Waals surface area contributed by atoms with Crippen LogP contribution in [0.2, 0.25) is 0 Å². The second-order valence-electron chi connectivity index (χ2n) is 7.65. The average Bonchev–Trinajstić information content (AvgIpc) is 2.83. The van der Waals surface area contributed by atoms with E-state index in [1.54, 1.807) is 31.0 Å². The van der Waals surface area contributed by atoms with E-state index in [4.69, 9.17) is 15.6 Å². The molecule has 0 saturated heterocycles. The summed E-state index contributed by atoms with van der Waals surface area (Å²) in [4.78, 5) is 33.7. The van der Waals surface area contributed by atoms with Crippen LogP contribution < -0.4 is 11.1 Å². The molecule has 0 aliphatic carbocycles. The lowest BCUT2D eigenvalue weighted by atomic mass is 9.99. The van der Waals surface area contributed by atoms with E-state index in [2.05, 4.69) is 15.3 Å². The van der Waals surface area contributed by atoms with Crippen LogP contribution in [-0.2, 0) is 17.6 Å². The first-order chi connectivity index (χ1) is 16.4. The molecule has 178 valence electrons. The first-order valence-electron chi connectivity index (χ1n) is 11.0. The Kier molecular flexibility index (Phi) is 8.53. The van der Waals surface area contributed by atoms with Crippen molar-refractivity contribution in [1.82, 2.24) is 14.9 Å². The quantitative estimate of drug-likeness (QED) is 0.476. The third-order valence-electron chi connectivity index (χ3n) is 5.21. The van der Waals surface area contributed by atoms with Crippen LogP contribution >= 0.6 is 0 Å². The van der Waals surface area contributed by atoms with Gasteiger partial charge in [0.25, 0.3) is 5.91 Å². The molecule has 2 aromatic carbocycles. The molecule has 0 radical (unpaired) electrons. The Bertz CT molecular complexity index is 1140. The van der Waals surface area contributed by atoms with E-state index in [1.165, 1.54) is 11.8 Å². The molecule has 1 aliphatic rings. The monoisotopic (exact) mass is 463 g/mol. The Labute approximate surface area is 198 Å². The topological polar surface area (TPSA) is 131 Å². The van der Waals surface area contributed by atoms with Crippen molar-refractivity contribution in [3.8, 4) is 0 Å². The van der Waals surface area contributed by atoms with Crippen LogP contribution in [0.3, 0.4) is 0 Å². The number of hydrogen-bond donors (Lipinski definition) is 3. The molecule has 9 nitrogen and oxygen atoms in total. The van der Waals surface area contributed by atoms with Crippen LogP contribution in [0.1, 0.15) is 38.8 Å². The predicted octanol–water partition coefficient (Wildman–Crippen LogP) is 2.83. The summed E-state index contributed by atoms with van der Waals surface area (Å²) in [7, 11) is 1.79. The lowest BCUT2D eigenvalue weighted by Gasteiger charge is -2.25. The zero-order chi connectivity index (χ0) is 24.5. The molecule has 4 rings (SSSR count). The van der Waals surface area contributed by atoms with Gasteiger partial charge in [0.05, 0.1) is 6.61 Å². The molecular formula is C25H29N5O4. The number of aliphatic hydroxyl groups is 1. The number of nitrogens with one attached hydrogen (secondary N) is 1. The maximum Gasteiger partial charge on any atom is 0.343 e. The number of aliphatic hydroxyl groups excluding tert-OH is 1. The minimum atomic E-state index is -0.553. The Morgan fingerprint density at radius 1 is 1.24 bits per heavy atom. The van der Waals surface area contributed by atoms with Gasteiger partial charge in [-0.25, -0.2) is 9.78 Å². The third-order valence-corrected chi connectivity index (χ3v) is 5.21. The van der Waals surface area contributed by atoms with E-state index in [0.717, 1.165) is 24.1 Å². The normalized spacial score (nSPS) is 12.3. The van der Waals surface area contributed by atoms with Gasteiger partial charge in [0.15, 0.2) is 0 Å². The van der Waals surface area contributed by atoms with Crippen molar-refractivity contribution in [2.45, 2.75) is 19.8 Å². The van der Waals surface area contributed by atoms with Gasteiger partial charge >= 0.3 is 5.97 Å². The number of carbonyl (C=O) groups is 2. The average molecular weight is 464 g/mol. The summed E-state index contributed by atoms with van der Waals surface area (Å²) in [5.41, 5.74) is 9.57. The maximum absolute atomic E-state index is 12.1. The van der Waals surface area contributed by atoms with E-state index < -0.39 is 5.97 Å². The first kappa shape index (κ1) is 24.7. The van der Waals surface area contributed by atoms with Crippen LogP contribution in [0.4, 0.5) is 17.5 Å². The van der Waals surface area contributed by atoms with Gasteiger partial charge in [-0.3, -0.25) is 4.79 Å². The number of nitrogens with two attached hydrogens (primary N) is 1. The standard InChI is InChI=1S/C17H19N5O3.C8H10O/c1-3-25-16(24)13-9-19-17(21-14(13)18)20-11-4-5-12-10(8-11)6-7-22(2)15(12)23;9-7-6-8-4-2-1-3-5-8/h4-5,8-9H,3,6-7H2,1-2H3,(H3,18,19,20,21);1-5,9H,6-7H2. The highest BCUT2D eigenvalue weighted by Crippen LogP contribution is 2.24. The minimum absolute atomic E-state index is 0.0204. The van der Waals surface area contributed by atoms with Gasteiger partial charge in [0.2, 0.25) is 5.95 Å². The predicted molar refractivity (Wildman–Crippen MR) is 130 cm³/mol. The van der Waals surface area contributed by atoms with Gasteiger partial charge in [-0.15, -0.1) is 0 Å². The number of benzene rings is 2. The summed E-state index contributed by atoms with van der Waals surface area (Å²) in [5.74, 6) is -0.217. The minimum Gasteiger partial charge on any atom is -0.462 e. The van der Waals surface area contributed by atoms with Crippen LogP contribution in [0.5, 0.6) is 0 Å². The Balaban J connectivity index is 0.000000302. The summed E-state index contributed by atoms with van der Waals surface area (Å²) >= 11 is 0. The van der Waals surface area contributed by atoms with Gasteiger partial charge in [-0.05, 0) is 49.1 Å². The highest BCUT2D eigenvalue weighted by molar-refractivity contribution is 5.97. The summed E-state index contributed by atoms with van der Waals surface area (Å²) in [6.07, 6.45) is 2.89. The number of esters is 1. The summed E-state index contributed by atoms with van der Waals surface area (Å²) < 4.78 is 4.89. The number of hydrogen-bond acceptors (Lipinski definition) is 8. The van der Waals surface area contributed by atoms with Crippen molar-refractivity contribution in [2.24, 2.45) is 0 Å². The number of nitrogens with zero attached hydrogens (tertiary/aromatic N) is 3. The number of anilines is 3. The fraction of sp³-hybridized carbons (Fsp3) is 0.280. The number of nitrogen functional groups attached to an aromatic ring is 1. The highest BCUT2D eigenvalue weighted by Gasteiger charge is 2.21. The van der Waals surface area contributed by atoms with E-state index in [0.29, 0.717) is 12.1 Å². The zero-order valence-corrected chi connectivity index (χ0v) is 19.3. The second kappa shape index (κ2) is 11.8. The molecule has 0 saturated carbocycles. The van der Waals surface area contributed by atoms with Crippen molar-refractivity contribution in [3.63, 3.8) is 0 Å². The molecule has 1 amide bonds. The molecule has 0 bridgehead atoms. The molecule has 0 atom stereocenters. The Hall–Kier alpha value is -3.98. The van der Waals surface area contributed by atoms with Crippen molar-refractivity contribution in [3.05, 3.63) is 77.0 Å². The third kappa shape index (κ3) is 6.29.